The van der Waals surface area contributed by atoms with Crippen molar-refractivity contribution < 1.29 is 18.8 Å². The first-order chi connectivity index (χ1) is 8.86. The number of benzene rings is 1. The van der Waals surface area contributed by atoms with E-state index in [1.54, 1.807) is 14.1 Å². The molecular weight excluding hydrogens is 257 g/mol. The van der Waals surface area contributed by atoms with Gasteiger partial charge in [-0.3, -0.25) is 14.9 Å². The van der Waals surface area contributed by atoms with E-state index in [2.05, 4.69) is 5.32 Å². The number of nitrogens with zero attached hydrogens (tertiary/aromatic N) is 2. The van der Waals surface area contributed by atoms with Crippen LogP contribution in [0.25, 0.3) is 0 Å². The van der Waals surface area contributed by atoms with E-state index in [1.807, 2.05) is 0 Å². The molecule has 1 amide bonds. The molecule has 104 valence electrons. The molecule has 7 nitrogen and oxygen atoms in total. The van der Waals surface area contributed by atoms with Crippen molar-refractivity contribution in [2.45, 2.75) is 0 Å². The van der Waals surface area contributed by atoms with Gasteiger partial charge in [0.25, 0.3) is 5.69 Å². The molecule has 0 fully saturated rings. The quantitative estimate of drug-likeness (QED) is 0.643. The lowest BCUT2D eigenvalue weighted by Gasteiger charge is -2.12. The molecule has 0 heterocycles. The van der Waals surface area contributed by atoms with Gasteiger partial charge in [-0.2, -0.15) is 0 Å². The Kier molecular flexibility index (Phi) is 4.62. The van der Waals surface area contributed by atoms with Crippen molar-refractivity contribution in [2.75, 3.05) is 33.1 Å². The van der Waals surface area contributed by atoms with Gasteiger partial charge in [-0.1, -0.05) is 0 Å². The first kappa shape index (κ1) is 14.7. The molecule has 0 saturated carbocycles. The van der Waals surface area contributed by atoms with Crippen LogP contribution in [0.15, 0.2) is 12.1 Å². The predicted octanol–water partition coefficient (Wildman–Crippen LogP) is 1.24. The Morgan fingerprint density at radius 2 is 2.16 bits per heavy atom. The summed E-state index contributed by atoms with van der Waals surface area (Å²) >= 11 is 0. The Morgan fingerprint density at radius 1 is 1.53 bits per heavy atom. The molecule has 0 spiro atoms. The van der Waals surface area contributed by atoms with Crippen molar-refractivity contribution >= 4 is 17.3 Å². The smallest absolute Gasteiger partial charge is 0.295 e. The van der Waals surface area contributed by atoms with Crippen molar-refractivity contribution in [1.82, 2.24) is 4.90 Å². The number of hydrogen-bond donors (Lipinski definition) is 1. The van der Waals surface area contributed by atoms with Crippen LogP contribution in [-0.4, -0.2) is 43.5 Å². The number of methoxy groups -OCH3 is 1. The summed E-state index contributed by atoms with van der Waals surface area (Å²) in [7, 11) is 4.37. The van der Waals surface area contributed by atoms with Gasteiger partial charge in [0.1, 0.15) is 5.69 Å². The lowest BCUT2D eigenvalue weighted by atomic mass is 10.2. The van der Waals surface area contributed by atoms with E-state index in [1.165, 1.54) is 12.0 Å². The fraction of sp³-hybridized carbons (Fsp3) is 0.364. The van der Waals surface area contributed by atoms with Gasteiger partial charge in [0, 0.05) is 20.2 Å². The number of nitro benzene ring substituents is 1. The summed E-state index contributed by atoms with van der Waals surface area (Å²) < 4.78 is 18.1. The minimum Gasteiger partial charge on any atom is -0.494 e. The number of nitro groups is 1. The van der Waals surface area contributed by atoms with E-state index in [4.69, 9.17) is 4.74 Å². The van der Waals surface area contributed by atoms with Crippen molar-refractivity contribution in [3.63, 3.8) is 0 Å². The summed E-state index contributed by atoms with van der Waals surface area (Å²) in [6.45, 7) is -0.136. The third kappa shape index (κ3) is 3.54. The lowest BCUT2D eigenvalue weighted by molar-refractivity contribution is -0.384. The van der Waals surface area contributed by atoms with E-state index in [9.17, 15) is 19.3 Å². The molecule has 1 rings (SSSR count). The monoisotopic (exact) mass is 271 g/mol. The van der Waals surface area contributed by atoms with E-state index in [0.29, 0.717) is 0 Å². The van der Waals surface area contributed by atoms with Crippen LogP contribution in [0.3, 0.4) is 0 Å². The normalized spacial score (nSPS) is 9.89. The molecule has 0 aliphatic heterocycles. The molecule has 0 saturated heterocycles. The van der Waals surface area contributed by atoms with Crippen LogP contribution in [-0.2, 0) is 4.79 Å². The molecule has 1 N–H and O–H groups in total. The molecule has 1 aromatic carbocycles. The van der Waals surface area contributed by atoms with Gasteiger partial charge in [0.15, 0.2) is 11.6 Å². The average molecular weight is 271 g/mol. The maximum absolute atomic E-state index is 13.4. The van der Waals surface area contributed by atoms with E-state index in [-0.39, 0.29) is 23.9 Å². The molecular formula is C11H14FN3O4. The summed E-state index contributed by atoms with van der Waals surface area (Å²) in [5.74, 6) is -1.23. The molecule has 1 aromatic rings. The highest BCUT2D eigenvalue weighted by Gasteiger charge is 2.19. The molecule has 0 atom stereocenters. The zero-order valence-corrected chi connectivity index (χ0v) is 10.8. The maximum Gasteiger partial charge on any atom is 0.295 e. The third-order valence-electron chi connectivity index (χ3n) is 2.40. The number of amides is 1. The highest BCUT2D eigenvalue weighted by molar-refractivity contribution is 5.81. The molecule has 19 heavy (non-hydrogen) atoms. The Balaban J connectivity index is 3.03. The van der Waals surface area contributed by atoms with E-state index in [0.717, 1.165) is 12.1 Å². The number of hydrogen-bond acceptors (Lipinski definition) is 5. The Morgan fingerprint density at radius 3 is 2.63 bits per heavy atom. The minimum absolute atomic E-state index is 0.0263. The Labute approximate surface area is 109 Å². The topological polar surface area (TPSA) is 84.7 Å². The maximum atomic E-state index is 13.4. The van der Waals surface area contributed by atoms with Gasteiger partial charge in [-0.15, -0.1) is 0 Å². The minimum atomic E-state index is -0.835. The fourth-order valence-electron chi connectivity index (χ4n) is 1.32. The number of rotatable bonds is 5. The summed E-state index contributed by atoms with van der Waals surface area (Å²) in [5, 5.41) is 13.4. The van der Waals surface area contributed by atoms with Crippen molar-refractivity contribution in [2.24, 2.45) is 0 Å². The summed E-state index contributed by atoms with van der Waals surface area (Å²) in [6, 6.07) is 1.90. The van der Waals surface area contributed by atoms with Crippen LogP contribution < -0.4 is 10.1 Å². The zero-order valence-electron chi connectivity index (χ0n) is 10.8. The number of likely N-dealkylation sites (N-methyl/N-ethyl adjacent to an activating group) is 1. The summed E-state index contributed by atoms with van der Waals surface area (Å²) in [5.41, 5.74) is -0.427. The van der Waals surface area contributed by atoms with Gasteiger partial charge in [0.2, 0.25) is 5.91 Å². The fourth-order valence-corrected chi connectivity index (χ4v) is 1.32. The highest BCUT2D eigenvalue weighted by Crippen LogP contribution is 2.31. The molecule has 0 aliphatic carbocycles. The van der Waals surface area contributed by atoms with Gasteiger partial charge in [-0.25, -0.2) is 4.39 Å². The second kappa shape index (κ2) is 5.98. The summed E-state index contributed by atoms with van der Waals surface area (Å²) in [4.78, 5) is 22.8. The van der Waals surface area contributed by atoms with Crippen LogP contribution in [0.4, 0.5) is 15.8 Å². The van der Waals surface area contributed by atoms with Crippen LogP contribution in [0.1, 0.15) is 0 Å². The lowest BCUT2D eigenvalue weighted by Crippen LogP contribution is -2.28. The number of carbonyl (C=O) groups excluding carboxylic acids is 1. The van der Waals surface area contributed by atoms with Gasteiger partial charge >= 0.3 is 0 Å². The van der Waals surface area contributed by atoms with Crippen LogP contribution in [0.5, 0.6) is 5.75 Å². The molecule has 0 unspecified atom stereocenters. The molecule has 0 bridgehead atoms. The molecule has 0 radical (unpaired) electrons. The van der Waals surface area contributed by atoms with Crippen molar-refractivity contribution in [1.29, 1.82) is 0 Å². The third-order valence-corrected chi connectivity index (χ3v) is 2.40. The van der Waals surface area contributed by atoms with E-state index >= 15 is 0 Å². The SMILES string of the molecule is COc1cc(NCC(=O)N(C)C)c([N+](=O)[O-])cc1F. The standard InChI is InChI=1S/C11H14FN3O4/c1-14(2)11(16)6-13-8-5-10(19-3)7(12)4-9(8)15(17)18/h4-5,13H,6H2,1-3H3. The second-order valence-electron chi connectivity index (χ2n) is 3.90. The zero-order chi connectivity index (χ0) is 14.6. The Bertz CT molecular complexity index is 505. The van der Waals surface area contributed by atoms with Crippen LogP contribution in [0.2, 0.25) is 0 Å². The first-order valence-corrected chi connectivity index (χ1v) is 5.32. The number of carbonyl (C=O) groups is 1. The number of nitrogens with one attached hydrogen (secondary N) is 1. The van der Waals surface area contributed by atoms with Crippen molar-refractivity contribution in [3.8, 4) is 5.75 Å². The van der Waals surface area contributed by atoms with Gasteiger partial charge in [-0.05, 0) is 0 Å². The molecule has 0 aliphatic rings. The van der Waals surface area contributed by atoms with Gasteiger partial charge < -0.3 is 15.0 Å². The van der Waals surface area contributed by atoms with Crippen LogP contribution >= 0.6 is 0 Å². The molecule has 0 aromatic heterocycles. The second-order valence-corrected chi connectivity index (χ2v) is 3.90. The average Bonchev–Trinajstić information content (AvgIpc) is 2.35. The predicted molar refractivity (Wildman–Crippen MR) is 66.8 cm³/mol. The van der Waals surface area contributed by atoms with Crippen LogP contribution in [0, 0.1) is 15.9 Å². The Hall–Kier alpha value is -2.38. The number of anilines is 1. The van der Waals surface area contributed by atoms with E-state index < -0.39 is 16.4 Å². The van der Waals surface area contributed by atoms with Gasteiger partial charge in [0.05, 0.1) is 24.6 Å². The molecule has 8 heteroatoms. The number of ether oxygens (including phenoxy) is 1. The van der Waals surface area contributed by atoms with Crippen molar-refractivity contribution in [3.05, 3.63) is 28.1 Å². The highest BCUT2D eigenvalue weighted by atomic mass is 19.1. The first-order valence-electron chi connectivity index (χ1n) is 5.32. The largest absolute Gasteiger partial charge is 0.494 e. The summed E-state index contributed by atoms with van der Waals surface area (Å²) in [6.07, 6.45) is 0. The number of halogens is 1.